The number of piperazine rings is 1. The molecule has 0 aromatic heterocycles. The summed E-state index contributed by atoms with van der Waals surface area (Å²) < 4.78 is 5.33. The smallest absolute Gasteiger partial charge is 0.409 e. The van der Waals surface area contributed by atoms with E-state index in [-0.39, 0.29) is 17.1 Å². The molecule has 6 nitrogen and oxygen atoms in total. The molecule has 1 amide bonds. The molecule has 23 heavy (non-hydrogen) atoms. The molecule has 2 rings (SSSR count). The minimum Gasteiger partial charge on any atom is -0.478 e. The van der Waals surface area contributed by atoms with Gasteiger partial charge in [-0.3, -0.25) is 0 Å². The predicted octanol–water partition coefficient (Wildman–Crippen LogP) is 2.69. The number of nitrogens with zero attached hydrogens (tertiary/aromatic N) is 2. The van der Waals surface area contributed by atoms with Crippen LogP contribution in [0.2, 0.25) is 0 Å². The van der Waals surface area contributed by atoms with Gasteiger partial charge in [0.2, 0.25) is 0 Å². The van der Waals surface area contributed by atoms with E-state index in [1.165, 1.54) is 0 Å². The van der Waals surface area contributed by atoms with Crippen molar-refractivity contribution < 1.29 is 19.4 Å². The van der Waals surface area contributed by atoms with Gasteiger partial charge in [-0.25, -0.2) is 9.59 Å². The van der Waals surface area contributed by atoms with Crippen molar-refractivity contribution in [1.82, 2.24) is 4.90 Å². The maximum atomic E-state index is 12.0. The van der Waals surface area contributed by atoms with Crippen molar-refractivity contribution in [1.29, 1.82) is 0 Å². The molecule has 1 aromatic rings. The van der Waals surface area contributed by atoms with Crippen molar-refractivity contribution in [2.75, 3.05) is 37.7 Å². The topological polar surface area (TPSA) is 70.1 Å². The summed E-state index contributed by atoms with van der Waals surface area (Å²) in [6.45, 7) is 9.10. The summed E-state index contributed by atoms with van der Waals surface area (Å²) in [6.07, 6.45) is -0.263. The van der Waals surface area contributed by atoms with Gasteiger partial charge in [-0.15, -0.1) is 0 Å². The van der Waals surface area contributed by atoms with Crippen LogP contribution >= 0.6 is 0 Å². The molecule has 1 heterocycles. The molecule has 1 aliphatic rings. The lowest BCUT2D eigenvalue weighted by atomic mass is 9.99. The third-order valence-corrected chi connectivity index (χ3v) is 3.65. The number of aromatic carboxylic acids is 1. The molecule has 1 N–H and O–H groups in total. The van der Waals surface area contributed by atoms with Crippen LogP contribution in [0.5, 0.6) is 0 Å². The minimum atomic E-state index is -0.928. The molecule has 1 fully saturated rings. The summed E-state index contributed by atoms with van der Waals surface area (Å²) in [4.78, 5) is 26.7. The Kier molecular flexibility index (Phi) is 5.13. The summed E-state index contributed by atoms with van der Waals surface area (Å²) in [6, 6.07) is 6.80. The van der Waals surface area contributed by atoms with Crippen molar-refractivity contribution >= 4 is 17.7 Å². The number of benzene rings is 1. The Morgan fingerprint density at radius 1 is 1.09 bits per heavy atom. The molecule has 0 atom stereocenters. The number of carbonyl (C=O) groups excluding carboxylic acids is 1. The first kappa shape index (κ1) is 17.1. The lowest BCUT2D eigenvalue weighted by molar-refractivity contribution is 0.0693. The number of anilines is 1. The standard InChI is InChI=1S/C17H24N2O4/c1-17(2,3)12-23-16(22)19-10-8-18(9-11-19)14-6-4-13(5-7-14)15(20)21/h4-7H,8-12H2,1-3H3,(H,20,21). The third kappa shape index (κ3) is 4.87. The lowest BCUT2D eigenvalue weighted by Crippen LogP contribution is -2.49. The Labute approximate surface area is 136 Å². The SMILES string of the molecule is CC(C)(C)COC(=O)N1CCN(c2ccc(C(=O)O)cc2)CC1. The molecule has 0 unspecified atom stereocenters. The molecule has 1 saturated heterocycles. The highest BCUT2D eigenvalue weighted by Gasteiger charge is 2.24. The van der Waals surface area contributed by atoms with Gasteiger partial charge in [-0.05, 0) is 29.7 Å². The second-order valence-electron chi connectivity index (χ2n) is 6.94. The third-order valence-electron chi connectivity index (χ3n) is 3.65. The highest BCUT2D eigenvalue weighted by molar-refractivity contribution is 5.88. The van der Waals surface area contributed by atoms with Crippen LogP contribution in [0.25, 0.3) is 0 Å². The van der Waals surface area contributed by atoms with Gasteiger partial charge in [-0.2, -0.15) is 0 Å². The van der Waals surface area contributed by atoms with Gasteiger partial charge in [0, 0.05) is 31.9 Å². The Morgan fingerprint density at radius 2 is 1.65 bits per heavy atom. The first-order valence-corrected chi connectivity index (χ1v) is 7.76. The monoisotopic (exact) mass is 320 g/mol. The zero-order valence-corrected chi connectivity index (χ0v) is 13.9. The van der Waals surface area contributed by atoms with Crippen LogP contribution < -0.4 is 4.90 Å². The molecular formula is C17H24N2O4. The van der Waals surface area contributed by atoms with Gasteiger partial charge in [-0.1, -0.05) is 20.8 Å². The molecule has 1 aliphatic heterocycles. The van der Waals surface area contributed by atoms with Crippen molar-refractivity contribution in [3.05, 3.63) is 29.8 Å². The lowest BCUT2D eigenvalue weighted by Gasteiger charge is -2.36. The number of carboxylic acid groups (broad SMARTS) is 1. The Hall–Kier alpha value is -2.24. The van der Waals surface area contributed by atoms with Crippen LogP contribution in [0, 0.1) is 5.41 Å². The van der Waals surface area contributed by atoms with E-state index < -0.39 is 5.97 Å². The number of ether oxygens (including phenoxy) is 1. The summed E-state index contributed by atoms with van der Waals surface area (Å²) >= 11 is 0. The van der Waals surface area contributed by atoms with Gasteiger partial charge in [0.25, 0.3) is 0 Å². The van der Waals surface area contributed by atoms with Gasteiger partial charge >= 0.3 is 12.1 Å². The Morgan fingerprint density at radius 3 is 2.13 bits per heavy atom. The van der Waals surface area contributed by atoms with Gasteiger partial charge in [0.15, 0.2) is 0 Å². The second-order valence-corrected chi connectivity index (χ2v) is 6.94. The number of hydrogen-bond donors (Lipinski definition) is 1. The van der Waals surface area contributed by atoms with Gasteiger partial charge in [0.05, 0.1) is 12.2 Å². The van der Waals surface area contributed by atoms with Crippen LogP contribution in [-0.4, -0.2) is 54.9 Å². The van der Waals surface area contributed by atoms with Gasteiger partial charge < -0.3 is 19.6 Å². The fraction of sp³-hybridized carbons (Fsp3) is 0.529. The van der Waals surface area contributed by atoms with E-state index in [2.05, 4.69) is 4.90 Å². The zero-order chi connectivity index (χ0) is 17.0. The molecule has 0 radical (unpaired) electrons. The van der Waals surface area contributed by atoms with Crippen molar-refractivity contribution in [2.24, 2.45) is 5.41 Å². The van der Waals surface area contributed by atoms with E-state index in [0.717, 1.165) is 5.69 Å². The van der Waals surface area contributed by atoms with E-state index in [4.69, 9.17) is 9.84 Å². The average Bonchev–Trinajstić information content (AvgIpc) is 2.52. The van der Waals surface area contributed by atoms with Crippen LogP contribution in [-0.2, 0) is 4.74 Å². The van der Waals surface area contributed by atoms with Crippen molar-refractivity contribution in [3.8, 4) is 0 Å². The first-order chi connectivity index (χ1) is 10.8. The number of hydrogen-bond acceptors (Lipinski definition) is 4. The quantitative estimate of drug-likeness (QED) is 0.927. The van der Waals surface area contributed by atoms with Crippen molar-refractivity contribution in [3.63, 3.8) is 0 Å². The summed E-state index contributed by atoms with van der Waals surface area (Å²) in [7, 11) is 0. The fourth-order valence-electron chi connectivity index (χ4n) is 2.33. The zero-order valence-electron chi connectivity index (χ0n) is 13.9. The number of rotatable bonds is 3. The predicted molar refractivity (Wildman–Crippen MR) is 88.0 cm³/mol. The van der Waals surface area contributed by atoms with Crippen LogP contribution in [0.4, 0.5) is 10.5 Å². The minimum absolute atomic E-state index is 0.0383. The van der Waals surface area contributed by atoms with E-state index >= 15 is 0 Å². The molecular weight excluding hydrogens is 296 g/mol. The van der Waals surface area contributed by atoms with Crippen LogP contribution in [0.15, 0.2) is 24.3 Å². The largest absolute Gasteiger partial charge is 0.478 e. The maximum Gasteiger partial charge on any atom is 0.409 e. The number of carbonyl (C=O) groups is 2. The fourth-order valence-corrected chi connectivity index (χ4v) is 2.33. The molecule has 0 spiro atoms. The summed E-state index contributed by atoms with van der Waals surface area (Å²) in [5, 5.41) is 8.92. The van der Waals surface area contributed by atoms with E-state index in [9.17, 15) is 9.59 Å². The summed E-state index contributed by atoms with van der Waals surface area (Å²) in [5.41, 5.74) is 1.21. The normalized spacial score (nSPS) is 15.4. The number of carboxylic acids is 1. The van der Waals surface area contributed by atoms with Crippen LogP contribution in [0.3, 0.4) is 0 Å². The molecule has 0 saturated carbocycles. The molecule has 1 aromatic carbocycles. The Balaban J connectivity index is 1.86. The highest BCUT2D eigenvalue weighted by Crippen LogP contribution is 2.18. The van der Waals surface area contributed by atoms with Crippen LogP contribution in [0.1, 0.15) is 31.1 Å². The summed E-state index contributed by atoms with van der Waals surface area (Å²) in [5.74, 6) is -0.928. The van der Waals surface area contributed by atoms with E-state index in [1.807, 2.05) is 20.8 Å². The molecule has 6 heteroatoms. The molecule has 0 bridgehead atoms. The Bertz CT molecular complexity index is 555. The second kappa shape index (κ2) is 6.89. The van der Waals surface area contributed by atoms with E-state index in [0.29, 0.717) is 32.8 Å². The first-order valence-electron chi connectivity index (χ1n) is 7.76. The van der Waals surface area contributed by atoms with Crippen molar-refractivity contribution in [2.45, 2.75) is 20.8 Å². The average molecular weight is 320 g/mol. The maximum absolute atomic E-state index is 12.0. The highest BCUT2D eigenvalue weighted by atomic mass is 16.6. The molecule has 0 aliphatic carbocycles. The van der Waals surface area contributed by atoms with Gasteiger partial charge in [0.1, 0.15) is 0 Å². The number of amides is 1. The molecule has 126 valence electrons. The van der Waals surface area contributed by atoms with E-state index in [1.54, 1.807) is 29.2 Å².